The van der Waals surface area contributed by atoms with Crippen LogP contribution < -0.4 is 15.0 Å². The highest BCUT2D eigenvalue weighted by Crippen LogP contribution is 2.24. The van der Waals surface area contributed by atoms with Crippen molar-refractivity contribution >= 4 is 34.0 Å². The molecule has 11 heteroatoms. The van der Waals surface area contributed by atoms with Gasteiger partial charge in [0.15, 0.2) is 5.13 Å². The summed E-state index contributed by atoms with van der Waals surface area (Å²) in [6, 6.07) is 7.84. The molecule has 3 aromatic rings. The lowest BCUT2D eigenvalue weighted by atomic mass is 10.3. The van der Waals surface area contributed by atoms with Crippen LogP contribution in [0.5, 0.6) is 5.75 Å². The summed E-state index contributed by atoms with van der Waals surface area (Å²) in [7, 11) is 0. The number of benzene rings is 1. The topological polar surface area (TPSA) is 83.5 Å². The van der Waals surface area contributed by atoms with Gasteiger partial charge < -0.3 is 19.9 Å². The molecule has 0 unspecified atom stereocenters. The Morgan fingerprint density at radius 2 is 1.80 bits per heavy atom. The lowest BCUT2D eigenvalue weighted by molar-refractivity contribution is -0.0498. The molecule has 30 heavy (non-hydrogen) atoms. The number of amides is 1. The number of halogens is 2. The van der Waals surface area contributed by atoms with Crippen LogP contribution in [0.1, 0.15) is 10.5 Å². The number of anilines is 3. The predicted octanol–water partition coefficient (Wildman–Crippen LogP) is 3.24. The molecule has 0 aliphatic carbocycles. The first-order valence-electron chi connectivity index (χ1n) is 9.17. The zero-order valence-corrected chi connectivity index (χ0v) is 16.6. The minimum Gasteiger partial charge on any atom is -0.435 e. The summed E-state index contributed by atoms with van der Waals surface area (Å²) in [4.78, 5) is 29.4. The number of rotatable bonds is 6. The lowest BCUT2D eigenvalue weighted by Gasteiger charge is -2.34. The van der Waals surface area contributed by atoms with Crippen molar-refractivity contribution in [3.05, 3.63) is 53.8 Å². The van der Waals surface area contributed by atoms with Crippen molar-refractivity contribution in [1.82, 2.24) is 19.9 Å². The number of nitrogens with zero attached hydrogens (tertiary/aromatic N) is 5. The van der Waals surface area contributed by atoms with E-state index < -0.39 is 6.61 Å². The fourth-order valence-electron chi connectivity index (χ4n) is 3.00. The van der Waals surface area contributed by atoms with Gasteiger partial charge in [0.25, 0.3) is 5.91 Å². The average molecular weight is 432 g/mol. The Bertz CT molecular complexity index is 978. The Labute approximate surface area is 175 Å². The van der Waals surface area contributed by atoms with E-state index in [0.29, 0.717) is 48.6 Å². The van der Waals surface area contributed by atoms with Crippen LogP contribution in [0.2, 0.25) is 0 Å². The molecule has 0 saturated carbocycles. The molecule has 2 aromatic heterocycles. The first-order valence-corrected chi connectivity index (χ1v) is 10.0. The third-order valence-electron chi connectivity index (χ3n) is 4.46. The summed E-state index contributed by atoms with van der Waals surface area (Å²) in [5.74, 6) is 0.605. The molecule has 1 amide bonds. The monoisotopic (exact) mass is 432 g/mol. The van der Waals surface area contributed by atoms with Crippen molar-refractivity contribution in [3.8, 4) is 5.75 Å². The molecule has 0 radical (unpaired) electrons. The maximum Gasteiger partial charge on any atom is 0.387 e. The fraction of sp³-hybridized carbons (Fsp3) is 0.263. The van der Waals surface area contributed by atoms with Gasteiger partial charge in [-0.1, -0.05) is 0 Å². The third kappa shape index (κ3) is 4.79. The summed E-state index contributed by atoms with van der Waals surface area (Å²) in [6.45, 7) is -0.444. The van der Waals surface area contributed by atoms with Crippen LogP contribution in [0.25, 0.3) is 0 Å². The summed E-state index contributed by atoms with van der Waals surface area (Å²) in [5, 5.41) is 5.30. The molecule has 1 aliphatic heterocycles. The van der Waals surface area contributed by atoms with E-state index in [0.717, 1.165) is 0 Å². The number of alkyl halides is 2. The molecule has 3 heterocycles. The minimum absolute atomic E-state index is 0.0746. The van der Waals surface area contributed by atoms with Crippen LogP contribution in [0.3, 0.4) is 0 Å². The molecule has 1 aromatic carbocycles. The summed E-state index contributed by atoms with van der Waals surface area (Å²) >= 11 is 1.30. The molecular formula is C19H18F2N6O2S. The molecule has 0 atom stereocenters. The second-order valence-corrected chi connectivity index (χ2v) is 7.25. The van der Waals surface area contributed by atoms with Gasteiger partial charge in [-0.2, -0.15) is 8.78 Å². The van der Waals surface area contributed by atoms with Gasteiger partial charge in [0.1, 0.15) is 11.4 Å². The van der Waals surface area contributed by atoms with E-state index in [1.54, 1.807) is 40.9 Å². The van der Waals surface area contributed by atoms with Gasteiger partial charge in [-0.05, 0) is 30.3 Å². The van der Waals surface area contributed by atoms with E-state index in [1.165, 1.54) is 23.5 Å². The number of nitrogens with one attached hydrogen (secondary N) is 1. The van der Waals surface area contributed by atoms with E-state index in [2.05, 4.69) is 25.0 Å². The Morgan fingerprint density at radius 1 is 1.10 bits per heavy atom. The zero-order chi connectivity index (χ0) is 20.9. The van der Waals surface area contributed by atoms with Crippen LogP contribution in [-0.2, 0) is 0 Å². The first kappa shape index (κ1) is 20.0. The molecule has 0 spiro atoms. The molecule has 1 saturated heterocycles. The Kier molecular flexibility index (Phi) is 5.98. The number of thiazole rings is 1. The number of ether oxygens (including phenoxy) is 1. The number of hydrogen-bond donors (Lipinski definition) is 1. The molecule has 1 fully saturated rings. The minimum atomic E-state index is -2.86. The normalized spacial score (nSPS) is 14.1. The molecule has 8 nitrogen and oxygen atoms in total. The standard InChI is InChI=1S/C19H18F2N6O2S/c20-17(21)29-14-4-2-13(3-5-14)24-19-25-15(12-30-19)16(28)26-8-10-27(11-9-26)18-22-6-1-7-23-18/h1-7,12,17H,8-11H2,(H,24,25). The van der Waals surface area contributed by atoms with Gasteiger partial charge in [-0.3, -0.25) is 4.79 Å². The molecule has 0 bridgehead atoms. The molecule has 4 rings (SSSR count). The number of piperazine rings is 1. The predicted molar refractivity (Wildman–Crippen MR) is 109 cm³/mol. The first-order chi connectivity index (χ1) is 14.6. The Morgan fingerprint density at radius 3 is 2.47 bits per heavy atom. The van der Waals surface area contributed by atoms with Crippen molar-refractivity contribution < 1.29 is 18.3 Å². The third-order valence-corrected chi connectivity index (χ3v) is 5.21. The van der Waals surface area contributed by atoms with Crippen molar-refractivity contribution in [2.45, 2.75) is 6.61 Å². The second-order valence-electron chi connectivity index (χ2n) is 6.39. The van der Waals surface area contributed by atoms with Gasteiger partial charge in [0, 0.05) is 49.6 Å². The van der Waals surface area contributed by atoms with Crippen molar-refractivity contribution in [1.29, 1.82) is 0 Å². The summed E-state index contributed by atoms with van der Waals surface area (Å²) < 4.78 is 28.8. The maximum atomic E-state index is 12.8. The average Bonchev–Trinajstić information content (AvgIpc) is 3.23. The second kappa shape index (κ2) is 8.99. The molecule has 156 valence electrons. The lowest BCUT2D eigenvalue weighted by Crippen LogP contribution is -2.49. The van der Waals surface area contributed by atoms with Crippen LogP contribution in [0, 0.1) is 0 Å². The Balaban J connectivity index is 1.33. The van der Waals surface area contributed by atoms with Crippen molar-refractivity contribution in [2.24, 2.45) is 0 Å². The van der Waals surface area contributed by atoms with E-state index in [-0.39, 0.29) is 11.7 Å². The molecular weight excluding hydrogens is 414 g/mol. The van der Waals surface area contributed by atoms with Crippen LogP contribution in [0.4, 0.5) is 25.5 Å². The molecule has 1 aliphatic rings. The quantitative estimate of drug-likeness (QED) is 0.640. The van der Waals surface area contributed by atoms with Crippen LogP contribution in [-0.4, -0.2) is 58.5 Å². The molecule has 1 N–H and O–H groups in total. The Hall–Kier alpha value is -3.34. The van der Waals surface area contributed by atoms with Gasteiger partial charge in [0.2, 0.25) is 5.95 Å². The fourth-order valence-corrected chi connectivity index (χ4v) is 3.70. The van der Waals surface area contributed by atoms with E-state index in [9.17, 15) is 13.6 Å². The van der Waals surface area contributed by atoms with Gasteiger partial charge in [0.05, 0.1) is 0 Å². The van der Waals surface area contributed by atoms with E-state index in [1.807, 2.05) is 4.90 Å². The van der Waals surface area contributed by atoms with Crippen molar-refractivity contribution in [2.75, 3.05) is 36.4 Å². The van der Waals surface area contributed by atoms with Crippen LogP contribution >= 0.6 is 11.3 Å². The smallest absolute Gasteiger partial charge is 0.387 e. The number of aromatic nitrogens is 3. The highest BCUT2D eigenvalue weighted by atomic mass is 32.1. The van der Waals surface area contributed by atoms with E-state index in [4.69, 9.17) is 0 Å². The largest absolute Gasteiger partial charge is 0.435 e. The SMILES string of the molecule is O=C(c1csc(Nc2ccc(OC(F)F)cc2)n1)N1CCN(c2ncccn2)CC1. The summed E-state index contributed by atoms with van der Waals surface area (Å²) in [6.07, 6.45) is 3.39. The highest BCUT2D eigenvalue weighted by molar-refractivity contribution is 7.14. The number of carbonyl (C=O) groups excluding carboxylic acids is 1. The van der Waals surface area contributed by atoms with Crippen molar-refractivity contribution in [3.63, 3.8) is 0 Å². The van der Waals surface area contributed by atoms with E-state index >= 15 is 0 Å². The summed E-state index contributed by atoms with van der Waals surface area (Å²) in [5.41, 5.74) is 1.02. The number of carbonyl (C=O) groups is 1. The van der Waals surface area contributed by atoms with Gasteiger partial charge >= 0.3 is 6.61 Å². The highest BCUT2D eigenvalue weighted by Gasteiger charge is 2.25. The van der Waals surface area contributed by atoms with Gasteiger partial charge in [-0.15, -0.1) is 11.3 Å². The zero-order valence-electron chi connectivity index (χ0n) is 15.7. The maximum absolute atomic E-state index is 12.8. The number of hydrogen-bond acceptors (Lipinski definition) is 8. The van der Waals surface area contributed by atoms with Crippen LogP contribution in [0.15, 0.2) is 48.1 Å². The van der Waals surface area contributed by atoms with Gasteiger partial charge in [-0.25, -0.2) is 15.0 Å².